The molecule has 202 valence electrons. The van der Waals surface area contributed by atoms with Gasteiger partial charge in [-0.3, -0.25) is 4.79 Å². The molecular formula is C30H30N2O5S2. The average Bonchev–Trinajstić information content (AvgIpc) is 2.96. The second kappa shape index (κ2) is 13.3. The SMILES string of the molecule is COc1ccc(S(=O)(=O)N(CCc2ccccc2)CC(=O)Nc2ccccc2Sc2ccccc2)cc1OC. The van der Waals surface area contributed by atoms with E-state index in [0.29, 0.717) is 17.9 Å². The Labute approximate surface area is 233 Å². The number of hydrogen-bond donors (Lipinski definition) is 1. The van der Waals surface area contributed by atoms with Gasteiger partial charge in [0.1, 0.15) is 0 Å². The zero-order valence-electron chi connectivity index (χ0n) is 21.7. The van der Waals surface area contributed by atoms with E-state index in [0.717, 1.165) is 15.4 Å². The van der Waals surface area contributed by atoms with E-state index in [1.807, 2.05) is 78.9 Å². The van der Waals surface area contributed by atoms with E-state index in [-0.39, 0.29) is 23.7 Å². The monoisotopic (exact) mass is 562 g/mol. The van der Waals surface area contributed by atoms with Crippen LogP contribution in [0.15, 0.2) is 118 Å². The average molecular weight is 563 g/mol. The molecule has 4 rings (SSSR count). The van der Waals surface area contributed by atoms with Gasteiger partial charge in [0, 0.05) is 22.4 Å². The summed E-state index contributed by atoms with van der Waals surface area (Å²) in [5.41, 5.74) is 1.58. The Bertz CT molecular complexity index is 1500. The fourth-order valence-corrected chi connectivity index (χ4v) is 6.27. The van der Waals surface area contributed by atoms with Crippen LogP contribution >= 0.6 is 11.8 Å². The van der Waals surface area contributed by atoms with Gasteiger partial charge in [0.15, 0.2) is 11.5 Å². The maximum absolute atomic E-state index is 13.8. The standard InChI is InChI=1S/C30H30N2O5S2/c1-36-27-18-17-25(21-28(27)37-2)39(34,35)32(20-19-23-11-5-3-6-12-23)22-30(33)31-26-15-9-10-16-29(26)38-24-13-7-4-8-14-24/h3-18,21H,19-20,22H2,1-2H3,(H,31,33). The quantitative estimate of drug-likeness (QED) is 0.238. The van der Waals surface area contributed by atoms with Gasteiger partial charge in [-0.2, -0.15) is 4.31 Å². The molecule has 0 saturated carbocycles. The van der Waals surface area contributed by atoms with Gasteiger partial charge in [-0.25, -0.2) is 8.42 Å². The molecule has 39 heavy (non-hydrogen) atoms. The van der Waals surface area contributed by atoms with Crippen LogP contribution in [0, 0.1) is 0 Å². The van der Waals surface area contributed by atoms with Crippen LogP contribution in [0.25, 0.3) is 0 Å². The van der Waals surface area contributed by atoms with E-state index in [2.05, 4.69) is 5.32 Å². The molecule has 7 nitrogen and oxygen atoms in total. The first-order valence-corrected chi connectivity index (χ1v) is 14.5. The van der Waals surface area contributed by atoms with Gasteiger partial charge >= 0.3 is 0 Å². The number of anilines is 1. The number of methoxy groups -OCH3 is 2. The largest absolute Gasteiger partial charge is 0.493 e. The minimum absolute atomic E-state index is 0.0149. The van der Waals surface area contributed by atoms with Crippen molar-refractivity contribution in [3.05, 3.63) is 109 Å². The first kappa shape index (κ1) is 28.2. The van der Waals surface area contributed by atoms with Crippen molar-refractivity contribution >= 4 is 33.4 Å². The maximum atomic E-state index is 13.8. The van der Waals surface area contributed by atoms with Crippen molar-refractivity contribution in [3.8, 4) is 11.5 Å². The van der Waals surface area contributed by atoms with E-state index in [9.17, 15) is 13.2 Å². The highest BCUT2D eigenvalue weighted by Gasteiger charge is 2.28. The van der Waals surface area contributed by atoms with Crippen LogP contribution in [0.5, 0.6) is 11.5 Å². The van der Waals surface area contributed by atoms with Gasteiger partial charge in [-0.05, 0) is 48.4 Å². The van der Waals surface area contributed by atoms with Crippen molar-refractivity contribution in [2.75, 3.05) is 32.6 Å². The van der Waals surface area contributed by atoms with E-state index in [1.165, 1.54) is 48.5 Å². The van der Waals surface area contributed by atoms with Gasteiger partial charge in [0.2, 0.25) is 15.9 Å². The molecular weight excluding hydrogens is 532 g/mol. The number of rotatable bonds is 12. The summed E-state index contributed by atoms with van der Waals surface area (Å²) in [6.07, 6.45) is 0.446. The molecule has 9 heteroatoms. The van der Waals surface area contributed by atoms with Crippen molar-refractivity contribution in [1.82, 2.24) is 4.31 Å². The van der Waals surface area contributed by atoms with Crippen LogP contribution in [0.4, 0.5) is 5.69 Å². The number of hydrogen-bond acceptors (Lipinski definition) is 6. The van der Waals surface area contributed by atoms with Gasteiger partial charge < -0.3 is 14.8 Å². The van der Waals surface area contributed by atoms with Crippen molar-refractivity contribution in [2.45, 2.75) is 21.1 Å². The molecule has 0 spiro atoms. The molecule has 1 amide bonds. The molecule has 0 bridgehead atoms. The Kier molecular flexibility index (Phi) is 9.64. The van der Waals surface area contributed by atoms with E-state index >= 15 is 0 Å². The Balaban J connectivity index is 1.58. The molecule has 0 atom stereocenters. The lowest BCUT2D eigenvalue weighted by molar-refractivity contribution is -0.116. The highest BCUT2D eigenvalue weighted by molar-refractivity contribution is 7.99. The summed E-state index contributed by atoms with van der Waals surface area (Å²) in [5, 5.41) is 2.91. The van der Waals surface area contributed by atoms with Crippen molar-refractivity contribution in [1.29, 1.82) is 0 Å². The summed E-state index contributed by atoms with van der Waals surface area (Å²) >= 11 is 1.52. The number of para-hydroxylation sites is 1. The van der Waals surface area contributed by atoms with Crippen LogP contribution < -0.4 is 14.8 Å². The van der Waals surface area contributed by atoms with E-state index in [4.69, 9.17) is 9.47 Å². The van der Waals surface area contributed by atoms with Crippen LogP contribution in [0.1, 0.15) is 5.56 Å². The zero-order valence-corrected chi connectivity index (χ0v) is 23.4. The normalized spacial score (nSPS) is 11.3. The van der Waals surface area contributed by atoms with Crippen LogP contribution in [0.2, 0.25) is 0 Å². The Morgan fingerprint density at radius 1 is 0.821 bits per heavy atom. The van der Waals surface area contributed by atoms with Gasteiger partial charge in [-0.15, -0.1) is 0 Å². The molecule has 0 aliphatic carbocycles. The highest BCUT2D eigenvalue weighted by atomic mass is 32.2. The number of carbonyl (C=O) groups excluding carboxylic acids is 1. The van der Waals surface area contributed by atoms with Crippen LogP contribution in [-0.2, 0) is 21.2 Å². The maximum Gasteiger partial charge on any atom is 0.243 e. The summed E-state index contributed by atoms with van der Waals surface area (Å²) in [6.45, 7) is -0.234. The minimum Gasteiger partial charge on any atom is -0.493 e. The third-order valence-corrected chi connectivity index (χ3v) is 8.86. The second-order valence-corrected chi connectivity index (χ2v) is 11.6. The molecule has 0 fully saturated rings. The first-order chi connectivity index (χ1) is 18.9. The predicted octanol–water partition coefficient (Wildman–Crippen LogP) is 5.73. The summed E-state index contributed by atoms with van der Waals surface area (Å²) in [5.74, 6) is 0.267. The second-order valence-electron chi connectivity index (χ2n) is 8.55. The predicted molar refractivity (Wildman–Crippen MR) is 154 cm³/mol. The molecule has 0 heterocycles. The minimum atomic E-state index is -4.04. The number of ether oxygens (including phenoxy) is 2. The van der Waals surface area contributed by atoms with E-state index in [1.54, 1.807) is 6.07 Å². The number of carbonyl (C=O) groups is 1. The fraction of sp³-hybridized carbons (Fsp3) is 0.167. The van der Waals surface area contributed by atoms with Gasteiger partial charge in [0.05, 0.1) is 31.3 Å². The highest BCUT2D eigenvalue weighted by Crippen LogP contribution is 2.34. The molecule has 0 aliphatic rings. The van der Waals surface area contributed by atoms with Crippen LogP contribution in [-0.4, -0.2) is 45.9 Å². The Morgan fingerprint density at radius 3 is 2.15 bits per heavy atom. The van der Waals surface area contributed by atoms with Crippen LogP contribution in [0.3, 0.4) is 0 Å². The summed E-state index contributed by atoms with van der Waals surface area (Å²) < 4.78 is 39.3. The lowest BCUT2D eigenvalue weighted by atomic mass is 10.1. The number of sulfonamides is 1. The molecule has 0 aliphatic heterocycles. The summed E-state index contributed by atoms with van der Waals surface area (Å²) in [4.78, 5) is 15.2. The molecule has 4 aromatic rings. The molecule has 0 unspecified atom stereocenters. The van der Waals surface area contributed by atoms with Crippen molar-refractivity contribution in [3.63, 3.8) is 0 Å². The smallest absolute Gasteiger partial charge is 0.243 e. The number of nitrogens with one attached hydrogen (secondary N) is 1. The summed E-state index contributed by atoms with van der Waals surface area (Å²) in [6, 6.07) is 31.2. The fourth-order valence-electron chi connectivity index (χ4n) is 3.93. The van der Waals surface area contributed by atoms with Gasteiger partial charge in [0.25, 0.3) is 0 Å². The third kappa shape index (κ3) is 7.41. The summed E-state index contributed by atoms with van der Waals surface area (Å²) in [7, 11) is -1.12. The topological polar surface area (TPSA) is 84.9 Å². The molecule has 4 aromatic carbocycles. The lowest BCUT2D eigenvalue weighted by Gasteiger charge is -2.23. The molecule has 0 saturated heterocycles. The number of nitrogens with zero attached hydrogens (tertiary/aromatic N) is 1. The van der Waals surface area contributed by atoms with Crippen molar-refractivity contribution in [2.24, 2.45) is 0 Å². The Morgan fingerprint density at radius 2 is 1.46 bits per heavy atom. The number of benzene rings is 4. The molecule has 0 radical (unpaired) electrons. The van der Waals surface area contributed by atoms with Gasteiger partial charge in [-0.1, -0.05) is 72.4 Å². The third-order valence-electron chi connectivity index (χ3n) is 5.94. The first-order valence-electron chi connectivity index (χ1n) is 12.3. The van der Waals surface area contributed by atoms with E-state index < -0.39 is 15.9 Å². The molecule has 0 aromatic heterocycles. The number of amides is 1. The molecule has 1 N–H and O–H groups in total. The van der Waals surface area contributed by atoms with Crippen molar-refractivity contribution < 1.29 is 22.7 Å². The zero-order chi connectivity index (χ0) is 27.7. The lowest BCUT2D eigenvalue weighted by Crippen LogP contribution is -2.39. The Hall–Kier alpha value is -3.79.